The number of nitrogens with one attached hydrogen (secondary N) is 1. The van der Waals surface area contributed by atoms with Crippen LogP contribution in [0.5, 0.6) is 0 Å². The van der Waals surface area contributed by atoms with Gasteiger partial charge in [0.05, 0.1) is 11.6 Å². The number of nitriles is 1. The molecule has 2 aromatic carbocycles. The number of carbonyl (C=O) groups is 2. The maximum atomic E-state index is 12.3. The number of hydrogen-bond acceptors (Lipinski definition) is 3. The molecule has 21 heavy (non-hydrogen) atoms. The highest BCUT2D eigenvalue weighted by atomic mass is 16.1. The van der Waals surface area contributed by atoms with Gasteiger partial charge >= 0.3 is 0 Å². The molecule has 4 heteroatoms. The van der Waals surface area contributed by atoms with Crippen LogP contribution in [0.2, 0.25) is 0 Å². The van der Waals surface area contributed by atoms with Crippen LogP contribution in [0.15, 0.2) is 48.5 Å². The van der Waals surface area contributed by atoms with Gasteiger partial charge in [0, 0.05) is 17.7 Å². The number of rotatable bonds is 4. The fourth-order valence-electron chi connectivity index (χ4n) is 1.99. The zero-order valence-electron chi connectivity index (χ0n) is 11.6. The Morgan fingerprint density at radius 3 is 2.38 bits per heavy atom. The highest BCUT2D eigenvalue weighted by molar-refractivity contribution is 6.05. The van der Waals surface area contributed by atoms with Crippen LogP contribution in [0.25, 0.3) is 0 Å². The number of benzene rings is 2. The molecule has 0 unspecified atom stereocenters. The van der Waals surface area contributed by atoms with E-state index in [1.54, 1.807) is 48.5 Å². The molecule has 0 aromatic heterocycles. The summed E-state index contributed by atoms with van der Waals surface area (Å²) in [6, 6.07) is 15.7. The molecule has 0 radical (unpaired) electrons. The van der Waals surface area contributed by atoms with Gasteiger partial charge in [0.15, 0.2) is 0 Å². The van der Waals surface area contributed by atoms with Crippen LogP contribution in [-0.2, 0) is 11.2 Å². The summed E-state index contributed by atoms with van der Waals surface area (Å²) in [5.41, 5.74) is 2.33. The SMILES string of the molecule is CC(=O)Cc1ccccc1C(=O)Nc1ccc(C#N)cc1. The third kappa shape index (κ3) is 3.77. The Morgan fingerprint density at radius 1 is 1.10 bits per heavy atom. The molecule has 0 spiro atoms. The van der Waals surface area contributed by atoms with Crippen LogP contribution in [0.4, 0.5) is 5.69 Å². The molecular weight excluding hydrogens is 264 g/mol. The van der Waals surface area contributed by atoms with Gasteiger partial charge in [0.25, 0.3) is 5.91 Å². The van der Waals surface area contributed by atoms with Gasteiger partial charge in [-0.1, -0.05) is 18.2 Å². The molecule has 0 aliphatic heterocycles. The molecule has 0 saturated carbocycles. The van der Waals surface area contributed by atoms with E-state index in [4.69, 9.17) is 5.26 Å². The molecule has 1 N–H and O–H groups in total. The lowest BCUT2D eigenvalue weighted by atomic mass is 10.0. The number of nitrogens with zero attached hydrogens (tertiary/aromatic N) is 1. The number of carbonyl (C=O) groups excluding carboxylic acids is 2. The lowest BCUT2D eigenvalue weighted by molar-refractivity contribution is -0.116. The van der Waals surface area contributed by atoms with E-state index >= 15 is 0 Å². The fraction of sp³-hybridized carbons (Fsp3) is 0.118. The quantitative estimate of drug-likeness (QED) is 0.934. The van der Waals surface area contributed by atoms with Crippen molar-refractivity contribution in [2.24, 2.45) is 0 Å². The summed E-state index contributed by atoms with van der Waals surface area (Å²) in [6.07, 6.45) is 0.233. The van der Waals surface area contributed by atoms with E-state index in [1.807, 2.05) is 6.07 Å². The Labute approximate surface area is 123 Å². The van der Waals surface area contributed by atoms with Crippen molar-refractivity contribution >= 4 is 17.4 Å². The van der Waals surface area contributed by atoms with Crippen LogP contribution in [0, 0.1) is 11.3 Å². The fourth-order valence-corrected chi connectivity index (χ4v) is 1.99. The van der Waals surface area contributed by atoms with Crippen molar-refractivity contribution in [2.45, 2.75) is 13.3 Å². The first kappa shape index (κ1) is 14.5. The largest absolute Gasteiger partial charge is 0.322 e. The number of hydrogen-bond donors (Lipinski definition) is 1. The Kier molecular flexibility index (Phi) is 4.47. The maximum absolute atomic E-state index is 12.3. The zero-order chi connectivity index (χ0) is 15.2. The van der Waals surface area contributed by atoms with Crippen molar-refractivity contribution in [3.8, 4) is 6.07 Å². The Hall–Kier alpha value is -2.93. The van der Waals surface area contributed by atoms with Crippen molar-refractivity contribution in [3.63, 3.8) is 0 Å². The van der Waals surface area contributed by atoms with Crippen molar-refractivity contribution in [1.82, 2.24) is 0 Å². The van der Waals surface area contributed by atoms with Gasteiger partial charge in [-0.25, -0.2) is 0 Å². The summed E-state index contributed by atoms with van der Waals surface area (Å²) in [5.74, 6) is -0.259. The van der Waals surface area contributed by atoms with Gasteiger partial charge in [-0.2, -0.15) is 5.26 Å². The minimum absolute atomic E-state index is 0.00798. The minimum Gasteiger partial charge on any atom is -0.322 e. The van der Waals surface area contributed by atoms with Crippen LogP contribution >= 0.6 is 0 Å². The Morgan fingerprint density at radius 2 is 1.76 bits per heavy atom. The second-order valence-electron chi connectivity index (χ2n) is 4.68. The first-order valence-electron chi connectivity index (χ1n) is 6.49. The molecule has 0 fully saturated rings. The summed E-state index contributed by atoms with van der Waals surface area (Å²) < 4.78 is 0. The van der Waals surface area contributed by atoms with E-state index in [-0.39, 0.29) is 18.1 Å². The average molecular weight is 278 g/mol. The first-order valence-corrected chi connectivity index (χ1v) is 6.49. The molecule has 0 aliphatic rings. The molecule has 0 saturated heterocycles. The Bertz CT molecular complexity index is 712. The van der Waals surface area contributed by atoms with Gasteiger partial charge in [-0.15, -0.1) is 0 Å². The lowest BCUT2D eigenvalue weighted by Crippen LogP contribution is -2.15. The van der Waals surface area contributed by atoms with Crippen molar-refractivity contribution in [1.29, 1.82) is 5.26 Å². The smallest absolute Gasteiger partial charge is 0.255 e. The molecule has 0 bridgehead atoms. The highest BCUT2D eigenvalue weighted by Gasteiger charge is 2.12. The van der Waals surface area contributed by atoms with Crippen molar-refractivity contribution < 1.29 is 9.59 Å². The maximum Gasteiger partial charge on any atom is 0.255 e. The molecule has 0 heterocycles. The molecule has 104 valence electrons. The van der Waals surface area contributed by atoms with Gasteiger partial charge in [-0.05, 0) is 42.8 Å². The molecule has 4 nitrogen and oxygen atoms in total. The predicted octanol–water partition coefficient (Wildman–Crippen LogP) is 2.94. The van der Waals surface area contributed by atoms with E-state index < -0.39 is 0 Å². The van der Waals surface area contributed by atoms with E-state index in [2.05, 4.69) is 5.32 Å². The topological polar surface area (TPSA) is 70.0 Å². The van der Waals surface area contributed by atoms with Crippen molar-refractivity contribution in [2.75, 3.05) is 5.32 Å². The van der Waals surface area contributed by atoms with Crippen LogP contribution < -0.4 is 5.32 Å². The third-order valence-corrected chi connectivity index (χ3v) is 2.97. The zero-order valence-corrected chi connectivity index (χ0v) is 11.6. The van der Waals surface area contributed by atoms with Crippen molar-refractivity contribution in [3.05, 3.63) is 65.2 Å². The van der Waals surface area contributed by atoms with Crippen LogP contribution in [-0.4, -0.2) is 11.7 Å². The summed E-state index contributed by atoms with van der Waals surface area (Å²) in [4.78, 5) is 23.5. The minimum atomic E-state index is -0.267. The van der Waals surface area contributed by atoms with Gasteiger partial charge < -0.3 is 5.32 Å². The monoisotopic (exact) mass is 278 g/mol. The molecule has 0 aliphatic carbocycles. The Balaban J connectivity index is 2.20. The number of amides is 1. The molecule has 1 amide bonds. The average Bonchev–Trinajstić information content (AvgIpc) is 2.48. The number of Topliss-reactive ketones (excluding diaryl/α,β-unsaturated/α-hetero) is 1. The van der Waals surface area contributed by atoms with Gasteiger partial charge in [-0.3, -0.25) is 9.59 Å². The highest BCUT2D eigenvalue weighted by Crippen LogP contribution is 2.14. The summed E-state index contributed by atoms with van der Waals surface area (Å²) >= 11 is 0. The molecular formula is C17H14N2O2. The summed E-state index contributed by atoms with van der Waals surface area (Å²) in [6.45, 7) is 1.50. The van der Waals surface area contributed by atoms with E-state index in [1.165, 1.54) is 6.92 Å². The predicted molar refractivity (Wildman–Crippen MR) is 79.9 cm³/mol. The van der Waals surface area contributed by atoms with E-state index in [0.29, 0.717) is 22.4 Å². The summed E-state index contributed by atoms with van der Waals surface area (Å²) in [5, 5.41) is 11.5. The second-order valence-corrected chi connectivity index (χ2v) is 4.68. The summed E-state index contributed by atoms with van der Waals surface area (Å²) in [7, 11) is 0. The second kappa shape index (κ2) is 6.49. The molecule has 0 atom stereocenters. The molecule has 2 aromatic rings. The standard InChI is InChI=1S/C17H14N2O2/c1-12(20)10-14-4-2-3-5-16(14)17(21)19-15-8-6-13(11-18)7-9-15/h2-9H,10H2,1H3,(H,19,21). The van der Waals surface area contributed by atoms with E-state index in [0.717, 1.165) is 0 Å². The van der Waals surface area contributed by atoms with E-state index in [9.17, 15) is 9.59 Å². The third-order valence-electron chi connectivity index (χ3n) is 2.97. The van der Waals surface area contributed by atoms with Crippen LogP contribution in [0.1, 0.15) is 28.4 Å². The van der Waals surface area contributed by atoms with Gasteiger partial charge in [0.2, 0.25) is 0 Å². The first-order chi connectivity index (χ1) is 10.1. The molecule has 2 rings (SSSR count). The normalized spacial score (nSPS) is 9.71. The lowest BCUT2D eigenvalue weighted by Gasteiger charge is -2.09. The number of ketones is 1. The van der Waals surface area contributed by atoms with Crippen LogP contribution in [0.3, 0.4) is 0 Å². The number of anilines is 1. The van der Waals surface area contributed by atoms with Gasteiger partial charge in [0.1, 0.15) is 5.78 Å².